The van der Waals surface area contributed by atoms with Crippen LogP contribution in [0, 0.1) is 6.92 Å². The molecule has 1 aromatic heterocycles. The molecule has 2 nitrogen and oxygen atoms in total. The summed E-state index contributed by atoms with van der Waals surface area (Å²) in [5, 5.41) is 0.840. The van der Waals surface area contributed by atoms with Crippen molar-refractivity contribution in [1.82, 2.24) is 4.98 Å². The van der Waals surface area contributed by atoms with Gasteiger partial charge in [0.15, 0.2) is 0 Å². The lowest BCUT2D eigenvalue weighted by molar-refractivity contribution is 0.108. The molecule has 0 aliphatic carbocycles. The highest BCUT2D eigenvalue weighted by Gasteiger charge is 2.16. The van der Waals surface area contributed by atoms with Gasteiger partial charge < -0.3 is 0 Å². The highest BCUT2D eigenvalue weighted by molar-refractivity contribution is 6.68. The summed E-state index contributed by atoms with van der Waals surface area (Å²) >= 11 is 12.1. The van der Waals surface area contributed by atoms with Crippen LogP contribution in [-0.2, 0) is 5.41 Å². The van der Waals surface area contributed by atoms with E-state index in [4.69, 9.17) is 28.2 Å². The minimum absolute atomic E-state index is 0.0801. The van der Waals surface area contributed by atoms with E-state index in [0.717, 1.165) is 16.5 Å². The van der Waals surface area contributed by atoms with Crippen LogP contribution in [0.2, 0.25) is 5.02 Å². The van der Waals surface area contributed by atoms with E-state index in [1.807, 2.05) is 19.1 Å². The first-order valence-corrected chi connectivity index (χ1v) is 8.84. The first-order chi connectivity index (χ1) is 11.7. The minimum atomic E-state index is -0.498. The van der Waals surface area contributed by atoms with Crippen LogP contribution in [-0.4, -0.2) is 10.2 Å². The monoisotopic (exact) mass is 371 g/mol. The third kappa shape index (κ3) is 3.42. The number of fused-ring (bicyclic) bond motifs is 1. The molecular formula is C21H19Cl2NO. The number of aromatic nitrogens is 1. The van der Waals surface area contributed by atoms with Gasteiger partial charge in [-0.1, -0.05) is 62.7 Å². The normalized spacial score (nSPS) is 11.8. The van der Waals surface area contributed by atoms with Crippen LogP contribution < -0.4 is 0 Å². The van der Waals surface area contributed by atoms with Crippen LogP contribution >= 0.6 is 23.2 Å². The minimum Gasteiger partial charge on any atom is -0.276 e. The zero-order valence-corrected chi connectivity index (χ0v) is 16.2. The molecule has 128 valence electrons. The van der Waals surface area contributed by atoms with Gasteiger partial charge in [0.05, 0.1) is 11.2 Å². The molecule has 3 aromatic rings. The van der Waals surface area contributed by atoms with Gasteiger partial charge in [0.25, 0.3) is 5.24 Å². The molecule has 0 saturated carbocycles. The highest BCUT2D eigenvalue weighted by Crippen LogP contribution is 2.32. The van der Waals surface area contributed by atoms with Gasteiger partial charge in [0.1, 0.15) is 0 Å². The smallest absolute Gasteiger partial charge is 0.253 e. The van der Waals surface area contributed by atoms with Crippen molar-refractivity contribution in [2.75, 3.05) is 0 Å². The lowest BCUT2D eigenvalue weighted by Gasteiger charge is -2.19. The summed E-state index contributed by atoms with van der Waals surface area (Å²) in [5.41, 5.74) is 4.96. The van der Waals surface area contributed by atoms with Crippen molar-refractivity contribution in [2.24, 2.45) is 0 Å². The summed E-state index contributed by atoms with van der Waals surface area (Å²) in [6.45, 7) is 8.41. The summed E-state index contributed by atoms with van der Waals surface area (Å²) in [6, 6.07) is 13.5. The molecule has 4 heteroatoms. The lowest BCUT2D eigenvalue weighted by atomic mass is 9.86. The highest BCUT2D eigenvalue weighted by atomic mass is 35.5. The Morgan fingerprint density at radius 3 is 2.24 bits per heavy atom. The van der Waals surface area contributed by atoms with Crippen molar-refractivity contribution < 1.29 is 4.79 Å². The molecule has 0 bridgehead atoms. The molecule has 2 aromatic carbocycles. The van der Waals surface area contributed by atoms with Gasteiger partial charge in [0.2, 0.25) is 0 Å². The quantitative estimate of drug-likeness (QED) is 0.478. The van der Waals surface area contributed by atoms with E-state index in [-0.39, 0.29) is 5.41 Å². The van der Waals surface area contributed by atoms with Crippen LogP contribution in [0.1, 0.15) is 42.3 Å². The predicted octanol–water partition coefficient (Wildman–Crippen LogP) is 6.54. The number of hydrogen-bond acceptors (Lipinski definition) is 2. The second kappa shape index (κ2) is 6.44. The number of carbonyl (C=O) groups is 1. The Kier molecular flexibility index (Phi) is 4.61. The van der Waals surface area contributed by atoms with Crippen LogP contribution in [0.3, 0.4) is 0 Å². The van der Waals surface area contributed by atoms with Crippen molar-refractivity contribution in [3.63, 3.8) is 0 Å². The van der Waals surface area contributed by atoms with Gasteiger partial charge in [-0.15, -0.1) is 0 Å². The molecule has 0 N–H and O–H groups in total. The van der Waals surface area contributed by atoms with Crippen molar-refractivity contribution in [1.29, 1.82) is 0 Å². The van der Waals surface area contributed by atoms with Gasteiger partial charge in [-0.05, 0) is 47.2 Å². The molecule has 0 radical (unpaired) electrons. The largest absolute Gasteiger partial charge is 0.276 e. The summed E-state index contributed by atoms with van der Waals surface area (Å²) in [7, 11) is 0. The molecule has 0 unspecified atom stereocenters. The van der Waals surface area contributed by atoms with Gasteiger partial charge in [0, 0.05) is 21.5 Å². The summed E-state index contributed by atoms with van der Waals surface area (Å²) in [4.78, 5) is 16.7. The topological polar surface area (TPSA) is 30.0 Å². The Bertz CT molecular complexity index is 970. The van der Waals surface area contributed by atoms with Crippen molar-refractivity contribution in [3.8, 4) is 11.3 Å². The maximum absolute atomic E-state index is 11.9. The van der Waals surface area contributed by atoms with E-state index < -0.39 is 5.24 Å². The zero-order chi connectivity index (χ0) is 18.4. The van der Waals surface area contributed by atoms with Crippen molar-refractivity contribution in [2.45, 2.75) is 33.1 Å². The number of nitrogens with zero attached hydrogens (tertiary/aromatic N) is 1. The maximum atomic E-state index is 11.9. The molecule has 0 aliphatic heterocycles. The van der Waals surface area contributed by atoms with Crippen molar-refractivity contribution in [3.05, 3.63) is 64.2 Å². The third-order valence-electron chi connectivity index (χ3n) is 4.43. The summed E-state index contributed by atoms with van der Waals surface area (Å²) in [5.74, 6) is 0. The van der Waals surface area contributed by atoms with E-state index in [0.29, 0.717) is 21.8 Å². The Hall–Kier alpha value is -1.90. The molecule has 0 amide bonds. The number of hydrogen-bond donors (Lipinski definition) is 0. The number of benzene rings is 2. The van der Waals surface area contributed by atoms with E-state index in [9.17, 15) is 4.79 Å². The van der Waals surface area contributed by atoms with Crippen LogP contribution in [0.5, 0.6) is 0 Å². The average Bonchev–Trinajstić information content (AvgIpc) is 2.56. The van der Waals surface area contributed by atoms with Crippen LogP contribution in [0.25, 0.3) is 22.2 Å². The zero-order valence-electron chi connectivity index (χ0n) is 14.7. The maximum Gasteiger partial charge on any atom is 0.253 e. The molecule has 0 aliphatic rings. The van der Waals surface area contributed by atoms with Gasteiger partial charge >= 0.3 is 0 Å². The second-order valence-corrected chi connectivity index (χ2v) is 7.98. The number of carbonyl (C=O) groups excluding carboxylic acids is 1. The Morgan fingerprint density at radius 1 is 1.04 bits per heavy atom. The number of rotatable bonds is 2. The Balaban J connectivity index is 2.23. The van der Waals surface area contributed by atoms with Crippen molar-refractivity contribution >= 4 is 39.3 Å². The van der Waals surface area contributed by atoms with Gasteiger partial charge in [-0.2, -0.15) is 0 Å². The predicted molar refractivity (Wildman–Crippen MR) is 106 cm³/mol. The first-order valence-electron chi connectivity index (χ1n) is 8.09. The number of pyridine rings is 1. The number of aryl methyl sites for hydroxylation is 1. The molecule has 3 rings (SSSR count). The molecule has 0 spiro atoms. The molecule has 0 atom stereocenters. The van der Waals surface area contributed by atoms with E-state index >= 15 is 0 Å². The first kappa shape index (κ1) is 17.9. The van der Waals surface area contributed by atoms with Gasteiger partial charge in [-0.25, -0.2) is 4.98 Å². The van der Waals surface area contributed by atoms with Gasteiger partial charge in [-0.3, -0.25) is 4.79 Å². The fourth-order valence-corrected chi connectivity index (χ4v) is 3.16. The van der Waals surface area contributed by atoms with Crippen LogP contribution in [0.15, 0.2) is 42.5 Å². The van der Waals surface area contributed by atoms with E-state index in [1.165, 1.54) is 5.56 Å². The lowest BCUT2D eigenvalue weighted by Crippen LogP contribution is -2.10. The van der Waals surface area contributed by atoms with Crippen LogP contribution in [0.4, 0.5) is 0 Å². The third-order valence-corrected chi connectivity index (χ3v) is 5.04. The fraction of sp³-hybridized carbons (Fsp3) is 0.238. The standard InChI is InChI=1S/C21H19Cl2NO/c1-12-17(22)10-9-15-16(20(23)25)11-18(24-19(12)15)13-5-7-14(8-6-13)21(2,3)4/h5-11H,1-4H3. The van der Waals surface area contributed by atoms with E-state index in [2.05, 4.69) is 32.9 Å². The molecular weight excluding hydrogens is 353 g/mol. The number of halogens is 2. The molecule has 0 fully saturated rings. The molecule has 25 heavy (non-hydrogen) atoms. The summed E-state index contributed by atoms with van der Waals surface area (Å²) < 4.78 is 0. The summed E-state index contributed by atoms with van der Waals surface area (Å²) in [6.07, 6.45) is 0. The Morgan fingerprint density at radius 2 is 1.68 bits per heavy atom. The Labute approximate surface area is 157 Å². The van der Waals surface area contributed by atoms with E-state index in [1.54, 1.807) is 18.2 Å². The average molecular weight is 372 g/mol. The molecule has 0 saturated heterocycles. The second-order valence-electron chi connectivity index (χ2n) is 7.22. The molecule has 1 heterocycles. The SMILES string of the molecule is Cc1c(Cl)ccc2c(C(=O)Cl)cc(-c3ccc(C(C)(C)C)cc3)nc12. The fourth-order valence-electron chi connectivity index (χ4n) is 2.86.